The van der Waals surface area contributed by atoms with Crippen molar-refractivity contribution < 1.29 is 33.7 Å². The number of aliphatic hydroxyl groups is 2. The first kappa shape index (κ1) is 24.7. The van der Waals surface area contributed by atoms with Crippen LogP contribution in [0.3, 0.4) is 0 Å². The predicted octanol–water partition coefficient (Wildman–Crippen LogP) is 2.73. The molecule has 5 rings (SSSR count). The minimum Gasteiger partial charge on any atom is -0.461 e. The van der Waals surface area contributed by atoms with Gasteiger partial charge in [-0.25, -0.2) is 9.59 Å². The largest absolute Gasteiger partial charge is 0.461 e. The fourth-order valence-corrected chi connectivity index (χ4v) is 8.67. The number of carbonyl (C=O) groups is 2. The van der Waals surface area contributed by atoms with Crippen molar-refractivity contribution in [3.8, 4) is 0 Å². The Balaban J connectivity index is 1.43. The van der Waals surface area contributed by atoms with E-state index in [1.807, 2.05) is 0 Å². The molecule has 4 aliphatic carbocycles. The lowest BCUT2D eigenvalue weighted by atomic mass is 9.41. The van der Waals surface area contributed by atoms with Crippen LogP contribution in [0.15, 0.2) is 27.6 Å². The van der Waals surface area contributed by atoms with E-state index < -0.39 is 34.1 Å². The summed E-state index contributed by atoms with van der Waals surface area (Å²) < 4.78 is 15.5. The second kappa shape index (κ2) is 8.53. The Labute approximate surface area is 205 Å². The lowest BCUT2D eigenvalue weighted by Crippen LogP contribution is -2.68. The van der Waals surface area contributed by atoms with Crippen molar-refractivity contribution in [2.24, 2.45) is 22.7 Å². The molecule has 35 heavy (non-hydrogen) atoms. The summed E-state index contributed by atoms with van der Waals surface area (Å²) in [6, 6.07) is 3.24. The Hall–Kier alpha value is -2.03. The van der Waals surface area contributed by atoms with Crippen LogP contribution in [0.25, 0.3) is 0 Å². The van der Waals surface area contributed by atoms with Crippen LogP contribution in [-0.2, 0) is 19.1 Å². The van der Waals surface area contributed by atoms with Gasteiger partial charge in [0.2, 0.25) is 0 Å². The third-order valence-corrected chi connectivity index (χ3v) is 10.4. The van der Waals surface area contributed by atoms with Gasteiger partial charge in [-0.1, -0.05) is 6.92 Å². The summed E-state index contributed by atoms with van der Waals surface area (Å²) >= 11 is 0. The summed E-state index contributed by atoms with van der Waals surface area (Å²) in [7, 11) is 1.43. The first-order chi connectivity index (χ1) is 16.6. The Kier molecular flexibility index (Phi) is 6.01. The van der Waals surface area contributed by atoms with E-state index in [4.69, 9.17) is 13.9 Å². The molecular weight excluding hydrogens is 452 g/mol. The van der Waals surface area contributed by atoms with Crippen LogP contribution < -0.4 is 5.63 Å². The van der Waals surface area contributed by atoms with Crippen LogP contribution in [-0.4, -0.2) is 53.5 Å². The zero-order valence-corrected chi connectivity index (χ0v) is 20.5. The molecule has 8 atom stereocenters. The highest BCUT2D eigenvalue weighted by molar-refractivity contribution is 5.71. The average Bonchev–Trinajstić information content (AvgIpc) is 3.10. The van der Waals surface area contributed by atoms with E-state index in [1.54, 1.807) is 6.07 Å². The summed E-state index contributed by atoms with van der Waals surface area (Å²) in [6.07, 6.45) is 7.00. The van der Waals surface area contributed by atoms with Gasteiger partial charge in [0.15, 0.2) is 0 Å². The normalized spacial score (nSPS) is 44.6. The van der Waals surface area contributed by atoms with Crippen molar-refractivity contribution in [2.45, 2.75) is 87.9 Å². The van der Waals surface area contributed by atoms with Gasteiger partial charge in [0.1, 0.15) is 19.0 Å². The molecule has 0 aliphatic heterocycles. The van der Waals surface area contributed by atoms with E-state index >= 15 is 0 Å². The third-order valence-electron chi connectivity index (χ3n) is 10.4. The minimum atomic E-state index is -1.27. The molecule has 0 saturated heterocycles. The molecule has 0 aromatic carbocycles. The Morgan fingerprint density at radius 1 is 1.11 bits per heavy atom. The van der Waals surface area contributed by atoms with Crippen molar-refractivity contribution in [3.63, 3.8) is 0 Å². The van der Waals surface area contributed by atoms with Gasteiger partial charge in [-0.05, 0) is 80.8 Å². The van der Waals surface area contributed by atoms with Gasteiger partial charge in [-0.15, -0.1) is 0 Å². The van der Waals surface area contributed by atoms with Crippen LogP contribution in [0.2, 0.25) is 0 Å². The highest BCUT2D eigenvalue weighted by Crippen LogP contribution is 2.71. The first-order valence-corrected chi connectivity index (χ1v) is 12.8. The second-order valence-electron chi connectivity index (χ2n) is 11.6. The molecule has 4 fully saturated rings. The van der Waals surface area contributed by atoms with E-state index in [2.05, 4.69) is 6.92 Å². The average molecular weight is 489 g/mol. The molecular formula is C27H36O8. The number of fused-ring (bicyclic) bond motifs is 5. The van der Waals surface area contributed by atoms with Gasteiger partial charge >= 0.3 is 11.6 Å². The molecule has 2 N–H and O–H groups in total. The number of ether oxygens (including phenoxy) is 2. The molecule has 1 heterocycles. The number of hydrogen-bond acceptors (Lipinski definition) is 8. The molecule has 0 amide bonds. The SMILES string of the molecule is COCC(=O)OC1CCC2(C=O)C3CCC4(C)C(c5ccc(=O)oc5)CCC4(O)C3CCC2(O)C1. The number of methoxy groups -OCH3 is 1. The number of carbonyl (C=O) groups excluding carboxylic acids is 2. The summed E-state index contributed by atoms with van der Waals surface area (Å²) in [4.78, 5) is 36.2. The highest BCUT2D eigenvalue weighted by atomic mass is 16.6. The van der Waals surface area contributed by atoms with Gasteiger partial charge in [0, 0.05) is 25.0 Å². The highest BCUT2D eigenvalue weighted by Gasteiger charge is 2.71. The van der Waals surface area contributed by atoms with Crippen molar-refractivity contribution in [2.75, 3.05) is 13.7 Å². The first-order valence-electron chi connectivity index (χ1n) is 12.8. The molecule has 8 nitrogen and oxygen atoms in total. The molecule has 0 spiro atoms. The zero-order valence-electron chi connectivity index (χ0n) is 20.5. The van der Waals surface area contributed by atoms with E-state index in [1.165, 1.54) is 19.4 Å². The van der Waals surface area contributed by atoms with E-state index in [9.17, 15) is 24.6 Å². The van der Waals surface area contributed by atoms with E-state index in [0.717, 1.165) is 24.7 Å². The Bertz CT molecular complexity index is 1030. The van der Waals surface area contributed by atoms with E-state index in [-0.39, 0.29) is 36.4 Å². The fraction of sp³-hybridized carbons (Fsp3) is 0.741. The topological polar surface area (TPSA) is 123 Å². The molecule has 4 saturated carbocycles. The fourth-order valence-electron chi connectivity index (χ4n) is 8.67. The third kappa shape index (κ3) is 3.47. The lowest BCUT2D eigenvalue weighted by Gasteiger charge is -2.65. The summed E-state index contributed by atoms with van der Waals surface area (Å²) in [5.41, 5.74) is -3.08. The van der Waals surface area contributed by atoms with Gasteiger partial charge in [0.25, 0.3) is 0 Å². The van der Waals surface area contributed by atoms with Gasteiger partial charge in [-0.2, -0.15) is 0 Å². The van der Waals surface area contributed by atoms with Crippen LogP contribution in [0.1, 0.15) is 76.2 Å². The summed E-state index contributed by atoms with van der Waals surface area (Å²) in [5, 5.41) is 24.2. The molecule has 8 unspecified atom stereocenters. The van der Waals surface area contributed by atoms with E-state index in [0.29, 0.717) is 38.5 Å². The van der Waals surface area contributed by atoms with Crippen LogP contribution >= 0.6 is 0 Å². The molecule has 0 bridgehead atoms. The Morgan fingerprint density at radius 3 is 2.57 bits per heavy atom. The van der Waals surface area contributed by atoms with Crippen molar-refractivity contribution in [1.82, 2.24) is 0 Å². The quantitative estimate of drug-likeness (QED) is 0.479. The van der Waals surface area contributed by atoms with Gasteiger partial charge in [-0.3, -0.25) is 0 Å². The minimum absolute atomic E-state index is 0.0572. The number of aldehydes is 1. The summed E-state index contributed by atoms with van der Waals surface area (Å²) in [6.45, 7) is 1.99. The van der Waals surface area contributed by atoms with Crippen molar-refractivity contribution in [1.29, 1.82) is 0 Å². The van der Waals surface area contributed by atoms with Crippen LogP contribution in [0.5, 0.6) is 0 Å². The van der Waals surface area contributed by atoms with Crippen molar-refractivity contribution >= 4 is 12.3 Å². The molecule has 192 valence electrons. The maximum absolute atomic E-state index is 12.8. The smallest absolute Gasteiger partial charge is 0.335 e. The lowest BCUT2D eigenvalue weighted by molar-refractivity contribution is -0.248. The Morgan fingerprint density at radius 2 is 1.89 bits per heavy atom. The maximum atomic E-state index is 12.8. The molecule has 8 heteroatoms. The number of rotatable bonds is 5. The van der Waals surface area contributed by atoms with Crippen LogP contribution in [0, 0.1) is 22.7 Å². The summed E-state index contributed by atoms with van der Waals surface area (Å²) in [5.74, 6) is -0.661. The molecule has 1 aromatic rings. The zero-order chi connectivity index (χ0) is 25.1. The van der Waals surface area contributed by atoms with Gasteiger partial charge in [0.05, 0.1) is 22.9 Å². The van der Waals surface area contributed by atoms with Crippen molar-refractivity contribution in [3.05, 3.63) is 34.4 Å². The number of esters is 1. The predicted molar refractivity (Wildman–Crippen MR) is 125 cm³/mol. The molecule has 0 radical (unpaired) electrons. The monoisotopic (exact) mass is 488 g/mol. The number of hydrogen-bond donors (Lipinski definition) is 2. The second-order valence-corrected chi connectivity index (χ2v) is 11.6. The van der Waals surface area contributed by atoms with Gasteiger partial charge < -0.3 is 28.9 Å². The maximum Gasteiger partial charge on any atom is 0.335 e. The standard InChI is InChI=1S/C27H36O8/c1-24-9-6-20-21(27(24,32)12-8-19(24)17-3-4-22(29)34-14-17)7-11-26(31)13-18(35-23(30)15-33-2)5-10-25(20,26)16-28/h3-4,14,16,18-21,31-32H,5-13,15H2,1-2H3. The molecule has 1 aromatic heterocycles. The van der Waals surface area contributed by atoms with Crippen LogP contribution in [0.4, 0.5) is 0 Å². The molecule has 4 aliphatic rings.